The minimum atomic E-state index is -0.215. The van der Waals surface area contributed by atoms with Gasteiger partial charge >= 0.3 is 0 Å². The largest absolute Gasteiger partial charge is 0.345 e. The highest BCUT2D eigenvalue weighted by Gasteiger charge is 2.18. The van der Waals surface area contributed by atoms with Crippen LogP contribution < -0.4 is 5.32 Å². The van der Waals surface area contributed by atoms with E-state index in [0.717, 1.165) is 28.6 Å². The first-order valence-electron chi connectivity index (χ1n) is 10.4. The number of para-hydroxylation sites is 1. The molecule has 31 heavy (non-hydrogen) atoms. The van der Waals surface area contributed by atoms with Crippen LogP contribution in [0.5, 0.6) is 0 Å². The van der Waals surface area contributed by atoms with E-state index >= 15 is 0 Å². The van der Waals surface area contributed by atoms with E-state index in [9.17, 15) is 9.59 Å². The van der Waals surface area contributed by atoms with Crippen molar-refractivity contribution in [3.05, 3.63) is 89.3 Å². The Morgan fingerprint density at radius 3 is 2.55 bits per heavy atom. The van der Waals surface area contributed by atoms with Gasteiger partial charge in [0.2, 0.25) is 0 Å². The Morgan fingerprint density at radius 2 is 1.87 bits per heavy atom. The van der Waals surface area contributed by atoms with Crippen LogP contribution in [0.4, 0.5) is 0 Å². The average molecular weight is 415 g/mol. The highest BCUT2D eigenvalue weighted by molar-refractivity contribution is 6.05. The van der Waals surface area contributed by atoms with Gasteiger partial charge in [-0.25, -0.2) is 0 Å². The lowest BCUT2D eigenvalue weighted by molar-refractivity contribution is 0.0827. The maximum Gasteiger partial charge on any atom is 0.276 e. The van der Waals surface area contributed by atoms with E-state index in [2.05, 4.69) is 23.4 Å². The standard InChI is InChI=1S/C25H26N4O2/c1-17-8-14-20(15-9-17)26-24(30)23-21-6-4-5-7-22(21)29(27-23)16-18-10-12-19(13-11-18)25(31)28(2)3/h4-8,10-15,17H,9,16H2,1-3H3,(H,26,30). The van der Waals surface area contributed by atoms with Crippen molar-refractivity contribution >= 4 is 22.7 Å². The first-order chi connectivity index (χ1) is 14.9. The quantitative estimate of drug-likeness (QED) is 0.686. The van der Waals surface area contributed by atoms with Crippen LogP contribution in [0, 0.1) is 5.92 Å². The Hall–Kier alpha value is -3.67. The van der Waals surface area contributed by atoms with Gasteiger partial charge in [-0.15, -0.1) is 0 Å². The number of amides is 2. The Labute approximate surface area is 181 Å². The summed E-state index contributed by atoms with van der Waals surface area (Å²) >= 11 is 0. The SMILES string of the molecule is CC1C=CC(NC(=O)c2nn(Cc3ccc(C(=O)N(C)C)cc3)c3ccccc23)=CC1. The van der Waals surface area contributed by atoms with Crippen molar-refractivity contribution in [1.29, 1.82) is 0 Å². The molecule has 0 fully saturated rings. The molecule has 1 N–H and O–H groups in total. The van der Waals surface area contributed by atoms with Gasteiger partial charge in [-0.3, -0.25) is 14.3 Å². The van der Waals surface area contributed by atoms with Crippen molar-refractivity contribution in [3.8, 4) is 0 Å². The number of rotatable bonds is 5. The number of nitrogens with one attached hydrogen (secondary N) is 1. The van der Waals surface area contributed by atoms with E-state index in [1.807, 2.05) is 65.4 Å². The lowest BCUT2D eigenvalue weighted by atomic mass is 10.0. The van der Waals surface area contributed by atoms with Crippen LogP contribution in [0.2, 0.25) is 0 Å². The molecule has 6 nitrogen and oxygen atoms in total. The van der Waals surface area contributed by atoms with Crippen LogP contribution in [-0.4, -0.2) is 40.6 Å². The monoisotopic (exact) mass is 414 g/mol. The molecule has 0 aliphatic heterocycles. The van der Waals surface area contributed by atoms with E-state index in [1.54, 1.807) is 19.0 Å². The summed E-state index contributed by atoms with van der Waals surface area (Å²) in [5.74, 6) is 0.239. The summed E-state index contributed by atoms with van der Waals surface area (Å²) in [6, 6.07) is 15.2. The molecule has 1 unspecified atom stereocenters. The number of hydrogen-bond acceptors (Lipinski definition) is 3. The zero-order valence-corrected chi connectivity index (χ0v) is 18.0. The minimum Gasteiger partial charge on any atom is -0.345 e. The first-order valence-corrected chi connectivity index (χ1v) is 10.4. The van der Waals surface area contributed by atoms with Crippen molar-refractivity contribution in [1.82, 2.24) is 20.0 Å². The Balaban J connectivity index is 1.59. The van der Waals surface area contributed by atoms with Crippen LogP contribution in [0.25, 0.3) is 10.9 Å². The highest BCUT2D eigenvalue weighted by atomic mass is 16.2. The van der Waals surface area contributed by atoms with Crippen molar-refractivity contribution in [2.24, 2.45) is 5.92 Å². The smallest absolute Gasteiger partial charge is 0.276 e. The number of fused-ring (bicyclic) bond motifs is 1. The van der Waals surface area contributed by atoms with Gasteiger partial charge in [-0.1, -0.05) is 49.4 Å². The molecule has 1 heterocycles. The van der Waals surface area contributed by atoms with E-state index in [-0.39, 0.29) is 11.8 Å². The third-order valence-corrected chi connectivity index (χ3v) is 5.38. The van der Waals surface area contributed by atoms with Gasteiger partial charge in [-0.05, 0) is 42.2 Å². The Kier molecular flexibility index (Phi) is 5.71. The van der Waals surface area contributed by atoms with E-state index < -0.39 is 0 Å². The molecule has 1 aromatic heterocycles. The second-order valence-corrected chi connectivity index (χ2v) is 8.11. The molecule has 1 aliphatic rings. The summed E-state index contributed by atoms with van der Waals surface area (Å²) in [5, 5.41) is 8.41. The molecule has 158 valence electrons. The third kappa shape index (κ3) is 4.43. The van der Waals surface area contributed by atoms with Gasteiger partial charge in [0.1, 0.15) is 0 Å². The Bertz CT molecular complexity index is 1190. The van der Waals surface area contributed by atoms with Gasteiger partial charge in [0.05, 0.1) is 12.1 Å². The average Bonchev–Trinajstić information content (AvgIpc) is 3.14. The predicted octanol–water partition coefficient (Wildman–Crippen LogP) is 4.00. The lowest BCUT2D eigenvalue weighted by Gasteiger charge is -2.12. The molecule has 6 heteroatoms. The van der Waals surface area contributed by atoms with Gasteiger partial charge in [0.15, 0.2) is 5.69 Å². The van der Waals surface area contributed by atoms with E-state index in [4.69, 9.17) is 0 Å². The molecule has 0 radical (unpaired) electrons. The number of hydrogen-bond donors (Lipinski definition) is 1. The van der Waals surface area contributed by atoms with Crippen molar-refractivity contribution < 1.29 is 9.59 Å². The molecule has 0 bridgehead atoms. The molecule has 1 atom stereocenters. The summed E-state index contributed by atoms with van der Waals surface area (Å²) in [6.45, 7) is 2.65. The van der Waals surface area contributed by atoms with Crippen LogP contribution >= 0.6 is 0 Å². The van der Waals surface area contributed by atoms with Crippen molar-refractivity contribution in [3.63, 3.8) is 0 Å². The number of aromatic nitrogens is 2. The fourth-order valence-corrected chi connectivity index (χ4v) is 3.61. The lowest BCUT2D eigenvalue weighted by Crippen LogP contribution is -2.24. The molecule has 2 aromatic carbocycles. The molecule has 0 spiro atoms. The maximum atomic E-state index is 13.0. The zero-order chi connectivity index (χ0) is 22.0. The topological polar surface area (TPSA) is 67.2 Å². The number of carbonyl (C=O) groups is 2. The number of benzene rings is 2. The first kappa shape index (κ1) is 20.6. The number of carbonyl (C=O) groups excluding carboxylic acids is 2. The van der Waals surface area contributed by atoms with Crippen LogP contribution in [0.3, 0.4) is 0 Å². The number of nitrogens with zero attached hydrogens (tertiary/aromatic N) is 3. The molecule has 4 rings (SSSR count). The maximum absolute atomic E-state index is 13.0. The van der Waals surface area contributed by atoms with Gasteiger partial charge < -0.3 is 10.2 Å². The molecular weight excluding hydrogens is 388 g/mol. The molecule has 2 amide bonds. The summed E-state index contributed by atoms with van der Waals surface area (Å²) < 4.78 is 1.83. The molecule has 0 saturated carbocycles. The summed E-state index contributed by atoms with van der Waals surface area (Å²) in [4.78, 5) is 26.6. The summed E-state index contributed by atoms with van der Waals surface area (Å²) in [7, 11) is 3.47. The zero-order valence-electron chi connectivity index (χ0n) is 18.0. The van der Waals surface area contributed by atoms with Gasteiger partial charge in [0.25, 0.3) is 11.8 Å². The fraction of sp³-hybridized carbons (Fsp3) is 0.240. The van der Waals surface area contributed by atoms with Crippen molar-refractivity contribution in [2.45, 2.75) is 19.9 Å². The minimum absolute atomic E-state index is 0.0319. The van der Waals surface area contributed by atoms with Crippen LogP contribution in [0.15, 0.2) is 72.5 Å². The third-order valence-electron chi connectivity index (χ3n) is 5.38. The normalized spacial score (nSPS) is 15.6. The van der Waals surface area contributed by atoms with Crippen LogP contribution in [0.1, 0.15) is 39.8 Å². The molecule has 1 aliphatic carbocycles. The van der Waals surface area contributed by atoms with E-state index in [0.29, 0.717) is 23.7 Å². The molecule has 3 aromatic rings. The van der Waals surface area contributed by atoms with Crippen LogP contribution in [-0.2, 0) is 6.54 Å². The summed E-state index contributed by atoms with van der Waals surface area (Å²) in [6.07, 6.45) is 6.99. The highest BCUT2D eigenvalue weighted by Crippen LogP contribution is 2.21. The Morgan fingerprint density at radius 1 is 1.13 bits per heavy atom. The van der Waals surface area contributed by atoms with Gasteiger partial charge in [0, 0.05) is 30.7 Å². The summed E-state index contributed by atoms with van der Waals surface area (Å²) in [5.41, 5.74) is 3.75. The predicted molar refractivity (Wildman–Crippen MR) is 122 cm³/mol. The molecular formula is C25H26N4O2. The second kappa shape index (κ2) is 8.60. The van der Waals surface area contributed by atoms with Gasteiger partial charge in [-0.2, -0.15) is 5.10 Å². The molecule has 0 saturated heterocycles. The fourth-order valence-electron chi connectivity index (χ4n) is 3.61. The number of allylic oxidation sites excluding steroid dienone is 3. The van der Waals surface area contributed by atoms with E-state index in [1.165, 1.54) is 0 Å². The van der Waals surface area contributed by atoms with Crippen molar-refractivity contribution in [2.75, 3.05) is 14.1 Å². The second-order valence-electron chi connectivity index (χ2n) is 8.11.